The third kappa shape index (κ3) is 2.72. The Hall–Kier alpha value is -0.720. The summed E-state index contributed by atoms with van der Waals surface area (Å²) in [5, 5.41) is 0. The summed E-state index contributed by atoms with van der Waals surface area (Å²) in [6.07, 6.45) is 9.51. The van der Waals surface area contributed by atoms with E-state index in [1.54, 1.807) is 0 Å². The minimum atomic E-state index is 1.18. The highest BCUT2D eigenvalue weighted by molar-refractivity contribution is 5.10. The summed E-state index contributed by atoms with van der Waals surface area (Å²) in [5.41, 5.74) is 1.48. The summed E-state index contributed by atoms with van der Waals surface area (Å²) in [5.74, 6) is 0. The molecule has 0 bridgehead atoms. The van der Waals surface area contributed by atoms with Crippen LogP contribution in [0.15, 0.2) is 18.5 Å². The Morgan fingerprint density at radius 2 is 2.08 bits per heavy atom. The van der Waals surface area contributed by atoms with Gasteiger partial charge in [-0.3, -0.25) is 0 Å². The van der Waals surface area contributed by atoms with Crippen LogP contribution in [0, 0.1) is 0 Å². The fourth-order valence-electron chi connectivity index (χ4n) is 1.41. The van der Waals surface area contributed by atoms with Crippen molar-refractivity contribution in [2.45, 2.75) is 46.1 Å². The molecule has 0 saturated heterocycles. The van der Waals surface area contributed by atoms with Gasteiger partial charge in [-0.15, -0.1) is 0 Å². The van der Waals surface area contributed by atoms with E-state index in [0.717, 1.165) is 0 Å². The standard InChI is InChI=1S/C11H19N/c1-3-5-8-12-9-7-11(10-12)6-4-2/h7,9-10H,3-6,8H2,1-2H3. The Morgan fingerprint density at radius 3 is 2.75 bits per heavy atom. The number of aryl methyl sites for hydroxylation is 2. The van der Waals surface area contributed by atoms with Crippen LogP contribution in [0.4, 0.5) is 0 Å². The third-order valence-electron chi connectivity index (χ3n) is 2.12. The molecule has 0 aliphatic heterocycles. The quantitative estimate of drug-likeness (QED) is 0.631. The van der Waals surface area contributed by atoms with E-state index < -0.39 is 0 Å². The summed E-state index contributed by atoms with van der Waals surface area (Å²) in [4.78, 5) is 0. The number of unbranched alkanes of at least 4 members (excludes halogenated alkanes) is 1. The van der Waals surface area contributed by atoms with E-state index in [-0.39, 0.29) is 0 Å². The van der Waals surface area contributed by atoms with Gasteiger partial charge in [0.2, 0.25) is 0 Å². The molecule has 68 valence electrons. The van der Waals surface area contributed by atoms with Crippen LogP contribution in [0.5, 0.6) is 0 Å². The van der Waals surface area contributed by atoms with Crippen molar-refractivity contribution in [3.05, 3.63) is 24.0 Å². The third-order valence-corrected chi connectivity index (χ3v) is 2.12. The fourth-order valence-corrected chi connectivity index (χ4v) is 1.41. The van der Waals surface area contributed by atoms with Gasteiger partial charge < -0.3 is 4.57 Å². The maximum absolute atomic E-state index is 2.30. The summed E-state index contributed by atoms with van der Waals surface area (Å²) in [6.45, 7) is 5.64. The molecule has 0 radical (unpaired) electrons. The van der Waals surface area contributed by atoms with Gasteiger partial charge >= 0.3 is 0 Å². The highest BCUT2D eigenvalue weighted by Crippen LogP contribution is 2.05. The Labute approximate surface area is 75.4 Å². The van der Waals surface area contributed by atoms with Gasteiger partial charge in [-0.1, -0.05) is 26.7 Å². The fraction of sp³-hybridized carbons (Fsp3) is 0.636. The summed E-state index contributed by atoms with van der Waals surface area (Å²) < 4.78 is 2.30. The number of hydrogen-bond donors (Lipinski definition) is 0. The molecule has 0 atom stereocenters. The molecule has 0 aliphatic rings. The van der Waals surface area contributed by atoms with Gasteiger partial charge in [-0.25, -0.2) is 0 Å². The van der Waals surface area contributed by atoms with E-state index in [9.17, 15) is 0 Å². The lowest BCUT2D eigenvalue weighted by Crippen LogP contribution is -1.92. The van der Waals surface area contributed by atoms with E-state index in [1.165, 1.54) is 37.8 Å². The second-order valence-electron chi connectivity index (χ2n) is 3.36. The highest BCUT2D eigenvalue weighted by Gasteiger charge is 1.94. The molecule has 1 rings (SSSR count). The number of rotatable bonds is 5. The Bertz CT molecular complexity index is 213. The zero-order valence-electron chi connectivity index (χ0n) is 8.21. The molecule has 0 fully saturated rings. The largest absolute Gasteiger partial charge is 0.354 e. The average molecular weight is 165 g/mol. The van der Waals surface area contributed by atoms with Crippen molar-refractivity contribution in [3.8, 4) is 0 Å². The molecule has 12 heavy (non-hydrogen) atoms. The molecule has 0 amide bonds. The van der Waals surface area contributed by atoms with E-state index in [1.807, 2.05) is 0 Å². The van der Waals surface area contributed by atoms with Crippen LogP contribution in [0.2, 0.25) is 0 Å². The molecule has 1 aromatic rings. The molecular formula is C11H19N. The molecule has 1 heterocycles. The molecule has 1 nitrogen and oxygen atoms in total. The zero-order chi connectivity index (χ0) is 8.81. The maximum atomic E-state index is 2.30. The van der Waals surface area contributed by atoms with Gasteiger partial charge in [0, 0.05) is 18.9 Å². The summed E-state index contributed by atoms with van der Waals surface area (Å²) in [6, 6.07) is 2.24. The molecule has 0 N–H and O–H groups in total. The predicted octanol–water partition coefficient (Wildman–Crippen LogP) is 3.24. The molecule has 1 heteroatoms. The van der Waals surface area contributed by atoms with Crippen LogP contribution in [-0.4, -0.2) is 4.57 Å². The van der Waals surface area contributed by atoms with Crippen LogP contribution in [0.25, 0.3) is 0 Å². The lowest BCUT2D eigenvalue weighted by Gasteiger charge is -1.99. The van der Waals surface area contributed by atoms with Gasteiger partial charge in [0.15, 0.2) is 0 Å². The first-order chi connectivity index (χ1) is 5.86. The molecule has 0 saturated carbocycles. The van der Waals surface area contributed by atoms with Gasteiger partial charge in [0.05, 0.1) is 0 Å². The van der Waals surface area contributed by atoms with Gasteiger partial charge in [0.25, 0.3) is 0 Å². The van der Waals surface area contributed by atoms with Gasteiger partial charge in [-0.2, -0.15) is 0 Å². The summed E-state index contributed by atoms with van der Waals surface area (Å²) in [7, 11) is 0. The second-order valence-corrected chi connectivity index (χ2v) is 3.36. The molecule has 0 aromatic carbocycles. The van der Waals surface area contributed by atoms with Gasteiger partial charge in [-0.05, 0) is 24.5 Å². The SMILES string of the molecule is CCCCn1ccc(CCC)c1. The smallest absolute Gasteiger partial charge is 0.0219 e. The van der Waals surface area contributed by atoms with Crippen molar-refractivity contribution >= 4 is 0 Å². The lowest BCUT2D eigenvalue weighted by molar-refractivity contribution is 0.633. The van der Waals surface area contributed by atoms with Crippen molar-refractivity contribution in [1.82, 2.24) is 4.57 Å². The highest BCUT2D eigenvalue weighted by atomic mass is 14.9. The van der Waals surface area contributed by atoms with E-state index in [0.29, 0.717) is 0 Å². The molecular weight excluding hydrogens is 146 g/mol. The van der Waals surface area contributed by atoms with Crippen molar-refractivity contribution in [2.24, 2.45) is 0 Å². The van der Waals surface area contributed by atoms with Crippen molar-refractivity contribution in [2.75, 3.05) is 0 Å². The topological polar surface area (TPSA) is 4.93 Å². The maximum Gasteiger partial charge on any atom is 0.0219 e. The number of nitrogens with zero attached hydrogens (tertiary/aromatic N) is 1. The average Bonchev–Trinajstić information content (AvgIpc) is 2.50. The zero-order valence-corrected chi connectivity index (χ0v) is 8.21. The second kappa shape index (κ2) is 5.02. The molecule has 0 aliphatic carbocycles. The van der Waals surface area contributed by atoms with Crippen LogP contribution < -0.4 is 0 Å². The van der Waals surface area contributed by atoms with E-state index in [4.69, 9.17) is 0 Å². The number of hydrogen-bond acceptors (Lipinski definition) is 0. The molecule has 0 spiro atoms. The minimum Gasteiger partial charge on any atom is -0.354 e. The van der Waals surface area contributed by atoms with Crippen molar-refractivity contribution < 1.29 is 0 Å². The number of aromatic nitrogens is 1. The Kier molecular flexibility index (Phi) is 3.92. The van der Waals surface area contributed by atoms with Crippen LogP contribution in [-0.2, 0) is 13.0 Å². The van der Waals surface area contributed by atoms with Crippen LogP contribution >= 0.6 is 0 Å². The Morgan fingerprint density at radius 1 is 1.25 bits per heavy atom. The van der Waals surface area contributed by atoms with Crippen molar-refractivity contribution in [1.29, 1.82) is 0 Å². The first-order valence-corrected chi connectivity index (χ1v) is 5.01. The normalized spacial score (nSPS) is 10.5. The minimum absolute atomic E-state index is 1.18. The molecule has 1 aromatic heterocycles. The molecule has 0 unspecified atom stereocenters. The van der Waals surface area contributed by atoms with Crippen molar-refractivity contribution in [3.63, 3.8) is 0 Å². The monoisotopic (exact) mass is 165 g/mol. The van der Waals surface area contributed by atoms with E-state index >= 15 is 0 Å². The van der Waals surface area contributed by atoms with E-state index in [2.05, 4.69) is 36.9 Å². The van der Waals surface area contributed by atoms with Crippen LogP contribution in [0.1, 0.15) is 38.7 Å². The van der Waals surface area contributed by atoms with Gasteiger partial charge in [0.1, 0.15) is 0 Å². The first-order valence-electron chi connectivity index (χ1n) is 5.01. The first kappa shape index (κ1) is 9.37. The summed E-state index contributed by atoms with van der Waals surface area (Å²) >= 11 is 0. The predicted molar refractivity (Wildman–Crippen MR) is 53.3 cm³/mol. The lowest BCUT2D eigenvalue weighted by atomic mass is 10.2. The Balaban J connectivity index is 2.41. The van der Waals surface area contributed by atoms with Crippen LogP contribution in [0.3, 0.4) is 0 Å².